The highest BCUT2D eigenvalue weighted by Gasteiger charge is 2.06. The number of nitrogens with one attached hydrogen (secondary N) is 2. The molecule has 2 rings (SSSR count). The molecule has 4 N–H and O–H groups in total. The van der Waals surface area contributed by atoms with Crippen LogP contribution in [-0.4, -0.2) is 6.03 Å². The van der Waals surface area contributed by atoms with E-state index in [9.17, 15) is 4.79 Å². The molecule has 0 fully saturated rings. The van der Waals surface area contributed by atoms with Crippen LogP contribution in [0.15, 0.2) is 40.9 Å². The lowest BCUT2D eigenvalue weighted by Crippen LogP contribution is -2.19. The van der Waals surface area contributed by atoms with E-state index in [0.29, 0.717) is 31.6 Å². The third-order valence-corrected chi connectivity index (χ3v) is 3.86. The smallest absolute Gasteiger partial charge is 0.323 e. The van der Waals surface area contributed by atoms with E-state index < -0.39 is 0 Å². The molecular weight excluding hydrogens is 365 g/mol. The maximum Gasteiger partial charge on any atom is 0.323 e. The molecule has 0 unspecified atom stereocenters. The lowest BCUT2D eigenvalue weighted by atomic mass is 10.3. The summed E-state index contributed by atoms with van der Waals surface area (Å²) < 4.78 is 0.713. The minimum Gasteiger partial charge on any atom is -0.398 e. The Bertz CT molecular complexity index is 609. The summed E-state index contributed by atoms with van der Waals surface area (Å²) in [4.78, 5) is 11.8. The molecule has 0 heterocycles. The minimum absolute atomic E-state index is 0.375. The van der Waals surface area contributed by atoms with Gasteiger partial charge in [0.2, 0.25) is 0 Å². The molecule has 0 aliphatic carbocycles. The zero-order valence-corrected chi connectivity index (χ0v) is 13.2. The molecule has 0 atom stereocenters. The summed E-state index contributed by atoms with van der Waals surface area (Å²) in [6, 6.07) is 9.56. The molecule has 2 aromatic rings. The lowest BCUT2D eigenvalue weighted by molar-refractivity contribution is 0.262. The lowest BCUT2D eigenvalue weighted by Gasteiger charge is -2.09. The van der Waals surface area contributed by atoms with Gasteiger partial charge in [-0.1, -0.05) is 23.2 Å². The Kier molecular flexibility index (Phi) is 4.75. The fraction of sp³-hybridized carbons (Fsp3) is 0. The molecular formula is C13H10BrCl2N3O. The van der Waals surface area contributed by atoms with Gasteiger partial charge in [0.1, 0.15) is 0 Å². The number of anilines is 3. The largest absolute Gasteiger partial charge is 0.398 e. The Morgan fingerprint density at radius 2 is 1.60 bits per heavy atom. The molecule has 0 bridgehead atoms. The number of carbonyl (C=O) groups is 1. The number of halogens is 3. The topological polar surface area (TPSA) is 67.1 Å². The highest BCUT2D eigenvalue weighted by molar-refractivity contribution is 9.10. The second kappa shape index (κ2) is 6.35. The van der Waals surface area contributed by atoms with Gasteiger partial charge in [-0.2, -0.15) is 0 Å². The van der Waals surface area contributed by atoms with Crippen molar-refractivity contribution in [3.05, 3.63) is 50.9 Å². The molecule has 104 valence electrons. The second-order valence-corrected chi connectivity index (χ2v) is 5.61. The SMILES string of the molecule is Nc1ccc(NC(=O)Nc2ccc(Cl)c(Cl)c2)cc1Br. The van der Waals surface area contributed by atoms with Gasteiger partial charge in [0.05, 0.1) is 10.0 Å². The molecule has 0 aliphatic rings. The highest BCUT2D eigenvalue weighted by atomic mass is 79.9. The van der Waals surface area contributed by atoms with Crippen molar-refractivity contribution in [3.63, 3.8) is 0 Å². The average molecular weight is 375 g/mol. The Hall–Kier alpha value is -1.43. The third-order valence-electron chi connectivity index (χ3n) is 2.44. The van der Waals surface area contributed by atoms with Crippen LogP contribution in [0.2, 0.25) is 10.0 Å². The fourth-order valence-corrected chi connectivity index (χ4v) is 2.15. The number of nitrogens with two attached hydrogens (primary N) is 1. The van der Waals surface area contributed by atoms with E-state index in [1.54, 1.807) is 36.4 Å². The average Bonchev–Trinajstić information content (AvgIpc) is 2.38. The normalized spacial score (nSPS) is 10.2. The number of rotatable bonds is 2. The van der Waals surface area contributed by atoms with Crippen molar-refractivity contribution in [2.75, 3.05) is 16.4 Å². The van der Waals surface area contributed by atoms with Gasteiger partial charge >= 0.3 is 6.03 Å². The van der Waals surface area contributed by atoms with Crippen molar-refractivity contribution >= 4 is 62.2 Å². The predicted octanol–water partition coefficient (Wildman–Crippen LogP) is 4.98. The highest BCUT2D eigenvalue weighted by Crippen LogP contribution is 2.26. The van der Waals surface area contributed by atoms with Crippen LogP contribution in [0.5, 0.6) is 0 Å². The summed E-state index contributed by atoms with van der Waals surface area (Å²) in [5.41, 5.74) is 7.43. The quantitative estimate of drug-likeness (QED) is 0.648. The van der Waals surface area contributed by atoms with Crippen LogP contribution in [0.25, 0.3) is 0 Å². The summed E-state index contributed by atoms with van der Waals surface area (Å²) in [5.74, 6) is 0. The Morgan fingerprint density at radius 1 is 1.00 bits per heavy atom. The number of benzene rings is 2. The van der Waals surface area contributed by atoms with Crippen molar-refractivity contribution in [1.29, 1.82) is 0 Å². The fourth-order valence-electron chi connectivity index (χ4n) is 1.47. The van der Waals surface area contributed by atoms with Crippen molar-refractivity contribution < 1.29 is 4.79 Å². The number of hydrogen-bond acceptors (Lipinski definition) is 2. The molecule has 0 aliphatic heterocycles. The van der Waals surface area contributed by atoms with Crippen LogP contribution in [0, 0.1) is 0 Å². The summed E-state index contributed by atoms with van der Waals surface area (Å²) in [6.45, 7) is 0. The van der Waals surface area contributed by atoms with Gasteiger partial charge in [0.25, 0.3) is 0 Å². The summed E-state index contributed by atoms with van der Waals surface area (Å²) in [6.07, 6.45) is 0. The van der Waals surface area contributed by atoms with Crippen molar-refractivity contribution in [1.82, 2.24) is 0 Å². The first-order chi connectivity index (χ1) is 9.45. The van der Waals surface area contributed by atoms with E-state index in [-0.39, 0.29) is 6.03 Å². The number of nitrogen functional groups attached to an aromatic ring is 1. The van der Waals surface area contributed by atoms with Crippen LogP contribution in [0.4, 0.5) is 21.9 Å². The Labute approximate surface area is 134 Å². The third kappa shape index (κ3) is 3.79. The van der Waals surface area contributed by atoms with E-state index in [2.05, 4.69) is 26.6 Å². The first-order valence-corrected chi connectivity index (χ1v) is 7.08. The minimum atomic E-state index is -0.389. The van der Waals surface area contributed by atoms with Gasteiger partial charge in [-0.05, 0) is 52.3 Å². The van der Waals surface area contributed by atoms with E-state index >= 15 is 0 Å². The van der Waals surface area contributed by atoms with Crippen LogP contribution >= 0.6 is 39.1 Å². The molecule has 0 radical (unpaired) electrons. The van der Waals surface area contributed by atoms with E-state index in [0.717, 1.165) is 0 Å². The van der Waals surface area contributed by atoms with E-state index in [1.165, 1.54) is 0 Å². The molecule has 4 nitrogen and oxygen atoms in total. The number of urea groups is 1. The van der Waals surface area contributed by atoms with E-state index in [4.69, 9.17) is 28.9 Å². The summed E-state index contributed by atoms with van der Waals surface area (Å²) >= 11 is 15.0. The van der Waals surface area contributed by atoms with Gasteiger partial charge in [-0.15, -0.1) is 0 Å². The molecule has 2 amide bonds. The summed E-state index contributed by atoms with van der Waals surface area (Å²) in [7, 11) is 0. The second-order valence-electron chi connectivity index (χ2n) is 3.94. The van der Waals surface area contributed by atoms with Crippen LogP contribution < -0.4 is 16.4 Å². The van der Waals surface area contributed by atoms with Gasteiger partial charge < -0.3 is 16.4 Å². The number of hydrogen-bond donors (Lipinski definition) is 3. The Morgan fingerprint density at radius 3 is 2.20 bits per heavy atom. The first-order valence-electron chi connectivity index (χ1n) is 5.54. The Balaban J connectivity index is 2.04. The molecule has 2 aromatic carbocycles. The molecule has 0 saturated carbocycles. The number of amides is 2. The van der Waals surface area contributed by atoms with Crippen LogP contribution in [0.1, 0.15) is 0 Å². The number of carbonyl (C=O) groups excluding carboxylic acids is 1. The van der Waals surface area contributed by atoms with Gasteiger partial charge in [-0.3, -0.25) is 0 Å². The molecule has 7 heteroatoms. The zero-order valence-electron chi connectivity index (χ0n) is 10.1. The predicted molar refractivity (Wildman–Crippen MR) is 87.7 cm³/mol. The van der Waals surface area contributed by atoms with Crippen LogP contribution in [-0.2, 0) is 0 Å². The standard InChI is InChI=1S/C13H10BrCl2N3O/c14-9-5-7(2-4-12(9)17)18-13(20)19-8-1-3-10(15)11(16)6-8/h1-6H,17H2,(H2,18,19,20). The maximum atomic E-state index is 11.8. The van der Waals surface area contributed by atoms with E-state index in [1.807, 2.05) is 0 Å². The van der Waals surface area contributed by atoms with Crippen molar-refractivity contribution in [2.24, 2.45) is 0 Å². The van der Waals surface area contributed by atoms with Crippen molar-refractivity contribution in [3.8, 4) is 0 Å². The van der Waals surface area contributed by atoms with Crippen LogP contribution in [0.3, 0.4) is 0 Å². The van der Waals surface area contributed by atoms with Gasteiger partial charge in [0.15, 0.2) is 0 Å². The monoisotopic (exact) mass is 373 g/mol. The molecule has 0 saturated heterocycles. The van der Waals surface area contributed by atoms with Gasteiger partial charge in [-0.25, -0.2) is 4.79 Å². The first kappa shape index (κ1) is 15.0. The molecule has 0 aromatic heterocycles. The van der Waals surface area contributed by atoms with Gasteiger partial charge in [0, 0.05) is 21.5 Å². The molecule has 20 heavy (non-hydrogen) atoms. The maximum absolute atomic E-state index is 11.8. The summed E-state index contributed by atoms with van der Waals surface area (Å²) in [5, 5.41) is 6.14. The zero-order chi connectivity index (χ0) is 14.7. The molecule has 0 spiro atoms. The van der Waals surface area contributed by atoms with Crippen molar-refractivity contribution in [2.45, 2.75) is 0 Å².